The van der Waals surface area contributed by atoms with Gasteiger partial charge in [0.15, 0.2) is 0 Å². The number of thiophene rings is 1. The molecule has 1 aromatic heterocycles. The number of nitriles is 1. The second kappa shape index (κ2) is 9.79. The van der Waals surface area contributed by atoms with Crippen LogP contribution >= 0.6 is 11.3 Å². The summed E-state index contributed by atoms with van der Waals surface area (Å²) in [6.07, 6.45) is -0.693. The zero-order valence-corrected chi connectivity index (χ0v) is 14.8. The number of nitrogens with zero attached hydrogens (tertiary/aromatic N) is 1. The zero-order chi connectivity index (χ0) is 18.1. The molecule has 0 radical (unpaired) electrons. The van der Waals surface area contributed by atoms with Crippen LogP contribution < -0.4 is 15.4 Å². The SMILES string of the molecule is CC(NCC(O)COc1ccccc1C#N)NC(=O)Cc1ccsc1. The van der Waals surface area contributed by atoms with Crippen molar-refractivity contribution in [1.29, 1.82) is 5.26 Å². The number of rotatable bonds is 9. The van der Waals surface area contributed by atoms with Crippen molar-refractivity contribution in [3.8, 4) is 11.8 Å². The van der Waals surface area contributed by atoms with Crippen LogP contribution in [0.3, 0.4) is 0 Å². The fourth-order valence-corrected chi connectivity index (χ4v) is 2.83. The molecule has 7 heteroatoms. The molecule has 2 unspecified atom stereocenters. The van der Waals surface area contributed by atoms with Crippen LogP contribution in [-0.2, 0) is 11.2 Å². The third-order valence-electron chi connectivity index (χ3n) is 3.42. The Morgan fingerprint density at radius 3 is 2.92 bits per heavy atom. The molecule has 0 spiro atoms. The van der Waals surface area contributed by atoms with Gasteiger partial charge in [0.05, 0.1) is 18.2 Å². The van der Waals surface area contributed by atoms with E-state index in [0.29, 0.717) is 17.7 Å². The van der Waals surface area contributed by atoms with Gasteiger partial charge in [0.2, 0.25) is 5.91 Å². The summed E-state index contributed by atoms with van der Waals surface area (Å²) >= 11 is 1.56. The molecule has 2 aromatic rings. The smallest absolute Gasteiger partial charge is 0.225 e. The number of amides is 1. The van der Waals surface area contributed by atoms with E-state index in [9.17, 15) is 9.90 Å². The first-order valence-electron chi connectivity index (χ1n) is 7.92. The van der Waals surface area contributed by atoms with Gasteiger partial charge < -0.3 is 15.2 Å². The number of carbonyl (C=O) groups excluding carboxylic acids is 1. The summed E-state index contributed by atoms with van der Waals surface area (Å²) < 4.78 is 5.47. The molecule has 0 saturated heterocycles. The van der Waals surface area contributed by atoms with Crippen molar-refractivity contribution in [3.63, 3.8) is 0 Å². The van der Waals surface area contributed by atoms with Crippen molar-refractivity contribution in [2.24, 2.45) is 0 Å². The number of ether oxygens (including phenoxy) is 1. The number of benzene rings is 1. The van der Waals surface area contributed by atoms with E-state index in [4.69, 9.17) is 10.00 Å². The fourth-order valence-electron chi connectivity index (χ4n) is 2.16. The van der Waals surface area contributed by atoms with Gasteiger partial charge in [0.1, 0.15) is 24.5 Å². The van der Waals surface area contributed by atoms with Crippen LogP contribution in [0.15, 0.2) is 41.1 Å². The molecule has 1 aromatic carbocycles. The van der Waals surface area contributed by atoms with E-state index in [1.54, 1.807) is 35.6 Å². The molecule has 132 valence electrons. The van der Waals surface area contributed by atoms with Gasteiger partial charge in [-0.2, -0.15) is 16.6 Å². The number of para-hydroxylation sites is 1. The summed E-state index contributed by atoms with van der Waals surface area (Å²) in [4.78, 5) is 11.9. The standard InChI is InChI=1S/C18H21N3O3S/c1-13(21-18(23)8-14-6-7-25-12-14)20-10-16(22)11-24-17-5-3-2-4-15(17)9-19/h2-7,12-13,16,20,22H,8,10-11H2,1H3,(H,21,23). The summed E-state index contributed by atoms with van der Waals surface area (Å²) in [5, 5.41) is 28.7. The normalized spacial score (nSPS) is 12.8. The highest BCUT2D eigenvalue weighted by Gasteiger charge is 2.12. The van der Waals surface area contributed by atoms with Crippen LogP contribution in [0.2, 0.25) is 0 Å². The average Bonchev–Trinajstić information content (AvgIpc) is 3.11. The monoisotopic (exact) mass is 359 g/mol. The average molecular weight is 359 g/mol. The molecular formula is C18H21N3O3S. The van der Waals surface area contributed by atoms with Crippen molar-refractivity contribution in [2.45, 2.75) is 25.6 Å². The van der Waals surface area contributed by atoms with Gasteiger partial charge in [-0.05, 0) is 41.4 Å². The zero-order valence-electron chi connectivity index (χ0n) is 13.9. The Labute approximate surface area is 151 Å². The molecule has 0 aliphatic carbocycles. The first kappa shape index (κ1) is 18.9. The summed E-state index contributed by atoms with van der Waals surface area (Å²) in [5.74, 6) is 0.369. The van der Waals surface area contributed by atoms with Crippen LogP contribution in [0.1, 0.15) is 18.1 Å². The minimum Gasteiger partial charge on any atom is -0.489 e. The van der Waals surface area contributed by atoms with E-state index in [1.807, 2.05) is 29.8 Å². The van der Waals surface area contributed by atoms with Gasteiger partial charge in [-0.25, -0.2) is 0 Å². The largest absolute Gasteiger partial charge is 0.489 e. The lowest BCUT2D eigenvalue weighted by atomic mass is 10.2. The van der Waals surface area contributed by atoms with E-state index >= 15 is 0 Å². The predicted molar refractivity (Wildman–Crippen MR) is 96.3 cm³/mol. The van der Waals surface area contributed by atoms with Crippen molar-refractivity contribution >= 4 is 17.2 Å². The van der Waals surface area contributed by atoms with Crippen LogP contribution in [0.25, 0.3) is 0 Å². The second-order valence-corrected chi connectivity index (χ2v) is 6.36. The molecule has 6 nitrogen and oxygen atoms in total. The highest BCUT2D eigenvalue weighted by Crippen LogP contribution is 2.16. The topological polar surface area (TPSA) is 94.4 Å². The van der Waals surface area contributed by atoms with Gasteiger partial charge in [-0.15, -0.1) is 0 Å². The number of hydrogen-bond acceptors (Lipinski definition) is 6. The molecule has 1 amide bonds. The lowest BCUT2D eigenvalue weighted by molar-refractivity contribution is -0.121. The van der Waals surface area contributed by atoms with Crippen LogP contribution in [0.5, 0.6) is 5.75 Å². The molecule has 1 heterocycles. The number of nitrogens with one attached hydrogen (secondary N) is 2. The summed E-state index contributed by atoms with van der Waals surface area (Å²) in [6, 6.07) is 10.8. The maximum Gasteiger partial charge on any atom is 0.225 e. The van der Waals surface area contributed by atoms with Crippen molar-refractivity contribution in [2.75, 3.05) is 13.2 Å². The first-order chi connectivity index (χ1) is 12.1. The van der Waals surface area contributed by atoms with Crippen molar-refractivity contribution < 1.29 is 14.6 Å². The van der Waals surface area contributed by atoms with Crippen LogP contribution in [-0.4, -0.2) is 36.4 Å². The molecule has 2 rings (SSSR count). The van der Waals surface area contributed by atoms with E-state index in [2.05, 4.69) is 10.6 Å². The molecule has 2 atom stereocenters. The van der Waals surface area contributed by atoms with Crippen molar-refractivity contribution in [1.82, 2.24) is 10.6 Å². The van der Waals surface area contributed by atoms with Gasteiger partial charge >= 0.3 is 0 Å². The van der Waals surface area contributed by atoms with E-state index in [-0.39, 0.29) is 25.2 Å². The highest BCUT2D eigenvalue weighted by molar-refractivity contribution is 7.07. The lowest BCUT2D eigenvalue weighted by Gasteiger charge is -2.19. The van der Waals surface area contributed by atoms with Crippen LogP contribution in [0, 0.1) is 11.3 Å². The maximum absolute atomic E-state index is 11.9. The van der Waals surface area contributed by atoms with Crippen molar-refractivity contribution in [3.05, 3.63) is 52.2 Å². The third-order valence-corrected chi connectivity index (χ3v) is 4.15. The first-order valence-corrected chi connectivity index (χ1v) is 8.86. The minimum absolute atomic E-state index is 0.0568. The maximum atomic E-state index is 11.9. The number of aliphatic hydroxyl groups is 1. The highest BCUT2D eigenvalue weighted by atomic mass is 32.1. The Hall–Kier alpha value is -2.40. The van der Waals surface area contributed by atoms with Crippen LogP contribution in [0.4, 0.5) is 0 Å². The quantitative estimate of drug-likeness (QED) is 0.592. The molecule has 25 heavy (non-hydrogen) atoms. The molecule has 3 N–H and O–H groups in total. The molecule has 0 saturated carbocycles. The van der Waals surface area contributed by atoms with Gasteiger partial charge in [0, 0.05) is 6.54 Å². The molecule has 0 aliphatic rings. The van der Waals surface area contributed by atoms with E-state index < -0.39 is 6.10 Å². The number of hydrogen-bond donors (Lipinski definition) is 3. The predicted octanol–water partition coefficient (Wildman–Crippen LogP) is 1.65. The lowest BCUT2D eigenvalue weighted by Crippen LogP contribution is -2.47. The Kier molecular flexibility index (Phi) is 7.41. The number of aliphatic hydroxyl groups excluding tert-OH is 1. The molecule has 0 fully saturated rings. The van der Waals surface area contributed by atoms with E-state index in [0.717, 1.165) is 5.56 Å². The second-order valence-electron chi connectivity index (χ2n) is 5.58. The third kappa shape index (κ3) is 6.55. The number of carbonyl (C=O) groups is 1. The summed E-state index contributed by atoms with van der Waals surface area (Å²) in [6.45, 7) is 2.12. The Balaban J connectivity index is 1.67. The van der Waals surface area contributed by atoms with Gasteiger partial charge in [-0.1, -0.05) is 12.1 Å². The van der Waals surface area contributed by atoms with E-state index in [1.165, 1.54) is 0 Å². The Morgan fingerprint density at radius 2 is 2.20 bits per heavy atom. The Bertz CT molecular complexity index is 713. The fraction of sp³-hybridized carbons (Fsp3) is 0.333. The Morgan fingerprint density at radius 1 is 1.40 bits per heavy atom. The molecule has 0 bridgehead atoms. The molecule has 0 aliphatic heterocycles. The minimum atomic E-state index is -0.761. The summed E-state index contributed by atoms with van der Waals surface area (Å²) in [7, 11) is 0. The van der Waals surface area contributed by atoms with Gasteiger partial charge in [0.25, 0.3) is 0 Å². The summed E-state index contributed by atoms with van der Waals surface area (Å²) in [5.41, 5.74) is 1.41. The van der Waals surface area contributed by atoms with Gasteiger partial charge in [-0.3, -0.25) is 10.1 Å². The molecular weight excluding hydrogens is 338 g/mol.